The molecule has 1 N–H and O–H groups in total. The zero-order valence-electron chi connectivity index (χ0n) is 14.0. The summed E-state index contributed by atoms with van der Waals surface area (Å²) in [6, 6.07) is 0.356. The normalized spacial score (nSPS) is 22.4. The predicted octanol–water partition coefficient (Wildman–Crippen LogP) is 0.141. The smallest absolute Gasteiger partial charge is 0.236 e. The molecule has 2 fully saturated rings. The molecule has 2 amide bonds. The summed E-state index contributed by atoms with van der Waals surface area (Å²) in [6.45, 7) is 10.2. The summed E-state index contributed by atoms with van der Waals surface area (Å²) < 4.78 is 0. The van der Waals surface area contributed by atoms with E-state index in [1.54, 1.807) is 0 Å². The molecule has 0 aromatic rings. The van der Waals surface area contributed by atoms with E-state index in [1.165, 1.54) is 6.42 Å². The maximum atomic E-state index is 12.3. The molecule has 2 heterocycles. The number of likely N-dealkylation sites (N-methyl/N-ethyl adjacent to an activating group) is 1. The first kappa shape index (κ1) is 17.2. The highest BCUT2D eigenvalue weighted by atomic mass is 16.2. The number of amides is 2. The fourth-order valence-corrected chi connectivity index (χ4v) is 3.21. The minimum atomic E-state index is 0.188. The van der Waals surface area contributed by atoms with Crippen LogP contribution in [0, 0.1) is 0 Å². The average Bonchev–Trinajstić information content (AvgIpc) is 3.05. The third-order valence-electron chi connectivity index (χ3n) is 4.82. The maximum Gasteiger partial charge on any atom is 0.236 e. The van der Waals surface area contributed by atoms with Crippen molar-refractivity contribution in [1.82, 2.24) is 20.0 Å². The molecule has 0 saturated carbocycles. The Bertz CT molecular complexity index is 346. The second kappa shape index (κ2) is 8.48. The third kappa shape index (κ3) is 4.68. The van der Waals surface area contributed by atoms with Crippen molar-refractivity contribution in [3.05, 3.63) is 0 Å². The second-order valence-electron chi connectivity index (χ2n) is 6.22. The van der Waals surface area contributed by atoms with Gasteiger partial charge in [0.25, 0.3) is 0 Å². The highest BCUT2D eigenvalue weighted by Crippen LogP contribution is 2.12. The Morgan fingerprint density at radius 3 is 2.14 bits per heavy atom. The number of piperazine rings is 1. The van der Waals surface area contributed by atoms with Crippen LogP contribution in [0.15, 0.2) is 0 Å². The molecule has 1 atom stereocenters. The van der Waals surface area contributed by atoms with Crippen LogP contribution in [-0.2, 0) is 9.59 Å². The fraction of sp³-hybridized carbons (Fsp3) is 0.875. The van der Waals surface area contributed by atoms with E-state index in [4.69, 9.17) is 0 Å². The van der Waals surface area contributed by atoms with Crippen LogP contribution < -0.4 is 5.32 Å². The highest BCUT2D eigenvalue weighted by Gasteiger charge is 2.26. The van der Waals surface area contributed by atoms with Crippen LogP contribution in [0.3, 0.4) is 0 Å². The van der Waals surface area contributed by atoms with Gasteiger partial charge >= 0.3 is 0 Å². The summed E-state index contributed by atoms with van der Waals surface area (Å²) >= 11 is 0. The predicted molar refractivity (Wildman–Crippen MR) is 86.6 cm³/mol. The Kier molecular flexibility index (Phi) is 6.64. The number of hydrogen-bond acceptors (Lipinski definition) is 4. The molecule has 2 saturated heterocycles. The first-order valence-corrected chi connectivity index (χ1v) is 8.65. The molecule has 6 heteroatoms. The minimum Gasteiger partial charge on any atom is -0.339 e. The summed E-state index contributed by atoms with van der Waals surface area (Å²) in [5, 5.41) is 3.37. The van der Waals surface area contributed by atoms with Crippen molar-refractivity contribution in [2.75, 3.05) is 52.4 Å². The summed E-state index contributed by atoms with van der Waals surface area (Å²) in [6.07, 6.45) is 2.88. The van der Waals surface area contributed by atoms with Crippen LogP contribution in [0.5, 0.6) is 0 Å². The van der Waals surface area contributed by atoms with E-state index in [0.717, 1.165) is 26.1 Å². The summed E-state index contributed by atoms with van der Waals surface area (Å²) in [4.78, 5) is 30.5. The molecule has 0 aromatic heterocycles. The van der Waals surface area contributed by atoms with Gasteiger partial charge in [0, 0.05) is 38.6 Å². The van der Waals surface area contributed by atoms with Crippen molar-refractivity contribution >= 4 is 11.8 Å². The Balaban J connectivity index is 1.72. The number of nitrogens with one attached hydrogen (secondary N) is 1. The van der Waals surface area contributed by atoms with Gasteiger partial charge in [-0.3, -0.25) is 14.5 Å². The Labute approximate surface area is 133 Å². The number of carbonyl (C=O) groups excluding carboxylic acids is 2. The lowest BCUT2D eigenvalue weighted by Crippen LogP contribution is -2.53. The monoisotopic (exact) mass is 310 g/mol. The zero-order valence-corrected chi connectivity index (χ0v) is 14.0. The van der Waals surface area contributed by atoms with Gasteiger partial charge in [-0.15, -0.1) is 0 Å². The first-order chi connectivity index (χ1) is 10.6. The SMILES string of the molecule is CCN(CC)CC(=O)N1CCN(C(=O)CC2CCCN2)CC1. The second-order valence-corrected chi connectivity index (χ2v) is 6.22. The molecule has 2 rings (SSSR count). The Morgan fingerprint density at radius 2 is 1.64 bits per heavy atom. The largest absolute Gasteiger partial charge is 0.339 e. The molecule has 2 aliphatic heterocycles. The Hall–Kier alpha value is -1.14. The quantitative estimate of drug-likeness (QED) is 0.758. The van der Waals surface area contributed by atoms with Crippen molar-refractivity contribution in [2.24, 2.45) is 0 Å². The molecule has 0 aromatic carbocycles. The van der Waals surface area contributed by atoms with Crippen molar-refractivity contribution in [3.8, 4) is 0 Å². The van der Waals surface area contributed by atoms with Gasteiger partial charge in [0.2, 0.25) is 11.8 Å². The number of rotatable bonds is 6. The van der Waals surface area contributed by atoms with E-state index >= 15 is 0 Å². The third-order valence-corrected chi connectivity index (χ3v) is 4.82. The minimum absolute atomic E-state index is 0.188. The van der Waals surface area contributed by atoms with Gasteiger partial charge in [-0.2, -0.15) is 0 Å². The topological polar surface area (TPSA) is 55.9 Å². The van der Waals surface area contributed by atoms with Crippen LogP contribution in [0.2, 0.25) is 0 Å². The van der Waals surface area contributed by atoms with Crippen LogP contribution in [0.1, 0.15) is 33.1 Å². The van der Waals surface area contributed by atoms with Crippen LogP contribution in [-0.4, -0.2) is 84.9 Å². The lowest BCUT2D eigenvalue weighted by molar-refractivity contribution is -0.140. The molecule has 0 aliphatic carbocycles. The van der Waals surface area contributed by atoms with Gasteiger partial charge in [-0.1, -0.05) is 13.8 Å². The molecule has 2 aliphatic rings. The molecular formula is C16H30N4O2. The summed E-state index contributed by atoms with van der Waals surface area (Å²) in [7, 11) is 0. The van der Waals surface area contributed by atoms with Crippen LogP contribution in [0.4, 0.5) is 0 Å². The van der Waals surface area contributed by atoms with Crippen molar-refractivity contribution in [1.29, 1.82) is 0 Å². The number of hydrogen-bond donors (Lipinski definition) is 1. The van der Waals surface area contributed by atoms with Gasteiger partial charge in [-0.25, -0.2) is 0 Å². The van der Waals surface area contributed by atoms with Gasteiger partial charge in [0.15, 0.2) is 0 Å². The maximum absolute atomic E-state index is 12.3. The van der Waals surface area contributed by atoms with Gasteiger partial charge in [0.1, 0.15) is 0 Å². The van der Waals surface area contributed by atoms with Crippen molar-refractivity contribution in [2.45, 2.75) is 39.2 Å². The lowest BCUT2D eigenvalue weighted by Gasteiger charge is -2.36. The average molecular weight is 310 g/mol. The van der Waals surface area contributed by atoms with E-state index in [1.807, 2.05) is 9.80 Å². The van der Waals surface area contributed by atoms with E-state index in [0.29, 0.717) is 45.2 Å². The van der Waals surface area contributed by atoms with Gasteiger partial charge in [0.05, 0.1) is 6.54 Å². The summed E-state index contributed by atoms with van der Waals surface area (Å²) in [5.41, 5.74) is 0. The van der Waals surface area contributed by atoms with Crippen LogP contribution >= 0.6 is 0 Å². The van der Waals surface area contributed by atoms with Crippen LogP contribution in [0.25, 0.3) is 0 Å². The molecule has 22 heavy (non-hydrogen) atoms. The van der Waals surface area contributed by atoms with E-state index in [9.17, 15) is 9.59 Å². The molecular weight excluding hydrogens is 280 g/mol. The van der Waals surface area contributed by atoms with E-state index < -0.39 is 0 Å². The Morgan fingerprint density at radius 1 is 1.05 bits per heavy atom. The fourth-order valence-electron chi connectivity index (χ4n) is 3.21. The molecule has 0 radical (unpaired) electrons. The van der Waals surface area contributed by atoms with Crippen molar-refractivity contribution < 1.29 is 9.59 Å². The van der Waals surface area contributed by atoms with E-state index in [2.05, 4.69) is 24.1 Å². The zero-order chi connectivity index (χ0) is 15.9. The standard InChI is InChI=1S/C16H30N4O2/c1-3-18(4-2)13-16(22)20-10-8-19(9-11-20)15(21)12-14-6-5-7-17-14/h14,17H,3-13H2,1-2H3. The molecule has 0 bridgehead atoms. The molecule has 1 unspecified atom stereocenters. The van der Waals surface area contributed by atoms with Gasteiger partial charge < -0.3 is 15.1 Å². The summed E-state index contributed by atoms with van der Waals surface area (Å²) in [5.74, 6) is 0.420. The van der Waals surface area contributed by atoms with Gasteiger partial charge in [-0.05, 0) is 32.5 Å². The number of carbonyl (C=O) groups is 2. The van der Waals surface area contributed by atoms with Crippen molar-refractivity contribution in [3.63, 3.8) is 0 Å². The molecule has 0 spiro atoms. The lowest BCUT2D eigenvalue weighted by atomic mass is 10.1. The number of nitrogens with zero attached hydrogens (tertiary/aromatic N) is 3. The first-order valence-electron chi connectivity index (χ1n) is 8.65. The highest BCUT2D eigenvalue weighted by molar-refractivity contribution is 5.80. The molecule has 6 nitrogen and oxygen atoms in total. The molecule has 126 valence electrons. The van der Waals surface area contributed by atoms with E-state index in [-0.39, 0.29) is 11.8 Å².